The van der Waals surface area contributed by atoms with Crippen LogP contribution in [-0.2, 0) is 4.43 Å². The van der Waals surface area contributed by atoms with E-state index in [1.807, 2.05) is 0 Å². The predicted octanol–water partition coefficient (Wildman–Crippen LogP) is 2.03. The molecule has 0 saturated carbocycles. The zero-order chi connectivity index (χ0) is 8.43. The summed E-state index contributed by atoms with van der Waals surface area (Å²) in [4.78, 5) is 0. The first kappa shape index (κ1) is 9.26. The van der Waals surface area contributed by atoms with Crippen LogP contribution in [0.4, 0.5) is 0 Å². The average molecular weight is 273 g/mol. The Morgan fingerprint density at radius 2 is 1.91 bits per heavy atom. The van der Waals surface area contributed by atoms with E-state index in [-0.39, 0.29) is 0 Å². The summed E-state index contributed by atoms with van der Waals surface area (Å²) in [5, 5.41) is 1.20. The summed E-state index contributed by atoms with van der Waals surface area (Å²) in [5.41, 5.74) is 4.20. The summed E-state index contributed by atoms with van der Waals surface area (Å²) in [7, 11) is 3.56. The van der Waals surface area contributed by atoms with Gasteiger partial charge in [-0.25, -0.2) is 0 Å². The van der Waals surface area contributed by atoms with Crippen molar-refractivity contribution in [3.8, 4) is 0 Å². The maximum atomic E-state index is 3.56. The molecule has 0 heterocycles. The van der Waals surface area contributed by atoms with E-state index in [9.17, 15) is 0 Å². The minimum Gasteiger partial charge on any atom is -0.0812 e. The van der Waals surface area contributed by atoms with Crippen LogP contribution >= 0.6 is 22.6 Å². The highest BCUT2D eigenvalue weighted by Crippen LogP contribution is 2.13. The Kier molecular flexibility index (Phi) is 3.13. The number of hydrogen-bond acceptors (Lipinski definition) is 0. The fourth-order valence-electron chi connectivity index (χ4n) is 1.02. The van der Waals surface area contributed by atoms with Gasteiger partial charge >= 0.3 is 0 Å². The van der Waals surface area contributed by atoms with Crippen LogP contribution in [0.2, 0.25) is 0 Å². The molecule has 0 bridgehead atoms. The van der Waals surface area contributed by atoms with Crippen molar-refractivity contribution in [3.05, 3.63) is 28.8 Å². The summed E-state index contributed by atoms with van der Waals surface area (Å²) < 4.78 is 1.09. The van der Waals surface area contributed by atoms with Gasteiger partial charge in [-0.3, -0.25) is 0 Å². The molecule has 1 aromatic rings. The maximum Gasteiger partial charge on any atom is 0.0715 e. The zero-order valence-corrected chi connectivity index (χ0v) is 9.90. The summed E-state index contributed by atoms with van der Waals surface area (Å²) in [6, 6.07) is 4.30. The molecule has 0 aliphatic heterocycles. The minimum absolute atomic E-state index is 1.09. The number of rotatable bonds is 1. The van der Waals surface area contributed by atoms with Gasteiger partial charge in [-0.2, -0.15) is 0 Å². The Labute approximate surface area is 85.0 Å². The van der Waals surface area contributed by atoms with Crippen molar-refractivity contribution in [1.82, 2.24) is 0 Å². The highest BCUT2D eigenvalue weighted by atomic mass is 127. The highest BCUT2D eigenvalue weighted by molar-refractivity contribution is 14.1. The third-order valence-corrected chi connectivity index (χ3v) is 3.41. The zero-order valence-electron chi connectivity index (χ0n) is 6.74. The minimum atomic E-state index is 1.09. The van der Waals surface area contributed by atoms with E-state index < -0.39 is 0 Å². The lowest BCUT2D eigenvalue weighted by Gasteiger charge is -2.08. The topological polar surface area (TPSA) is 0 Å². The van der Waals surface area contributed by atoms with E-state index >= 15 is 0 Å². The first-order valence-electron chi connectivity index (χ1n) is 3.53. The van der Waals surface area contributed by atoms with E-state index in [1.165, 1.54) is 21.9 Å². The summed E-state index contributed by atoms with van der Waals surface area (Å²) in [6.45, 7) is 4.32. The normalized spacial score (nSPS) is 10.2. The Morgan fingerprint density at radius 3 is 2.45 bits per heavy atom. The van der Waals surface area contributed by atoms with E-state index in [4.69, 9.17) is 0 Å². The molecule has 0 atom stereocenters. The number of hydrogen-bond donors (Lipinski definition) is 0. The third-order valence-electron chi connectivity index (χ3n) is 2.04. The Bertz CT molecular complexity index is 269. The van der Waals surface area contributed by atoms with E-state index in [1.54, 1.807) is 0 Å². The molecule has 0 saturated heterocycles. The lowest BCUT2D eigenvalue weighted by molar-refractivity contribution is 1.28. The highest BCUT2D eigenvalue weighted by Gasteiger charge is 2.00. The molecule has 0 amide bonds. The second kappa shape index (κ2) is 3.71. The molecule has 0 spiro atoms. The summed E-state index contributed by atoms with van der Waals surface area (Å²) >= 11 is 2.39. The molecule has 2 heteroatoms. The Balaban J connectivity index is 3.25. The van der Waals surface area contributed by atoms with Crippen LogP contribution in [0, 0.1) is 13.8 Å². The molecule has 0 N–H and O–H groups in total. The fourth-order valence-corrected chi connectivity index (χ4v) is 2.12. The van der Waals surface area contributed by atoms with Gasteiger partial charge in [0.1, 0.15) is 0 Å². The van der Waals surface area contributed by atoms with Gasteiger partial charge in [0.25, 0.3) is 0 Å². The van der Waals surface area contributed by atoms with Crippen molar-refractivity contribution in [2.45, 2.75) is 18.3 Å². The van der Waals surface area contributed by atoms with Crippen molar-refractivity contribution >= 4 is 38.0 Å². The molecule has 0 fully saturated rings. The second-order valence-corrected chi connectivity index (χ2v) is 3.96. The molecule has 11 heavy (non-hydrogen) atoms. The van der Waals surface area contributed by atoms with Gasteiger partial charge in [-0.05, 0) is 30.5 Å². The maximum absolute atomic E-state index is 3.56. The van der Waals surface area contributed by atoms with Gasteiger partial charge < -0.3 is 0 Å². The lowest BCUT2D eigenvalue weighted by Crippen LogP contribution is -2.09. The van der Waals surface area contributed by atoms with Crippen LogP contribution in [-0.4, -0.2) is 10.2 Å². The SMILES string of the molecule is Cc1c([Si])ccc(CI)c1C. The van der Waals surface area contributed by atoms with E-state index in [0.29, 0.717) is 0 Å². The third kappa shape index (κ3) is 1.85. The van der Waals surface area contributed by atoms with Crippen molar-refractivity contribution < 1.29 is 0 Å². The molecule has 0 aliphatic rings. The summed E-state index contributed by atoms with van der Waals surface area (Å²) in [6.07, 6.45) is 0. The van der Waals surface area contributed by atoms with Crippen molar-refractivity contribution in [3.63, 3.8) is 0 Å². The molecule has 0 aliphatic carbocycles. The Hall–Kier alpha value is 0.167. The first-order valence-corrected chi connectivity index (χ1v) is 5.56. The van der Waals surface area contributed by atoms with Crippen LogP contribution in [0.5, 0.6) is 0 Å². The van der Waals surface area contributed by atoms with Gasteiger partial charge in [0.15, 0.2) is 0 Å². The van der Waals surface area contributed by atoms with Crippen molar-refractivity contribution in [1.29, 1.82) is 0 Å². The van der Waals surface area contributed by atoms with Crippen molar-refractivity contribution in [2.75, 3.05) is 0 Å². The molecule has 3 radical (unpaired) electrons. The van der Waals surface area contributed by atoms with Crippen LogP contribution in [0.3, 0.4) is 0 Å². The second-order valence-electron chi connectivity index (χ2n) is 2.66. The molecule has 1 rings (SSSR count). The number of alkyl halides is 1. The molecule has 57 valence electrons. The van der Waals surface area contributed by atoms with Gasteiger partial charge in [-0.1, -0.05) is 39.9 Å². The van der Waals surface area contributed by atoms with Crippen molar-refractivity contribution in [2.24, 2.45) is 0 Å². The van der Waals surface area contributed by atoms with Gasteiger partial charge in [-0.15, -0.1) is 0 Å². The van der Waals surface area contributed by atoms with E-state index in [0.717, 1.165) is 4.43 Å². The predicted molar refractivity (Wildman–Crippen MR) is 59.0 cm³/mol. The molecule has 1 aromatic carbocycles. The quantitative estimate of drug-likeness (QED) is 0.417. The van der Waals surface area contributed by atoms with Crippen LogP contribution in [0.1, 0.15) is 16.7 Å². The summed E-state index contributed by atoms with van der Waals surface area (Å²) in [5.74, 6) is 0. The molecular weight excluding hydrogens is 263 g/mol. The molecule has 0 aromatic heterocycles. The van der Waals surface area contributed by atoms with Crippen LogP contribution in [0.15, 0.2) is 12.1 Å². The monoisotopic (exact) mass is 273 g/mol. The van der Waals surface area contributed by atoms with Gasteiger partial charge in [0.05, 0.1) is 10.2 Å². The number of benzene rings is 1. The molecule has 0 unspecified atom stereocenters. The Morgan fingerprint density at radius 1 is 1.27 bits per heavy atom. The largest absolute Gasteiger partial charge is 0.0812 e. The molecular formula is C9H10ISi. The smallest absolute Gasteiger partial charge is 0.0715 e. The molecule has 0 nitrogen and oxygen atoms in total. The lowest BCUT2D eigenvalue weighted by atomic mass is 10.1. The van der Waals surface area contributed by atoms with E-state index in [2.05, 4.69) is 58.8 Å². The fraction of sp³-hybridized carbons (Fsp3) is 0.333. The van der Waals surface area contributed by atoms with Gasteiger partial charge in [0.2, 0.25) is 0 Å². The average Bonchev–Trinajstić information content (AvgIpc) is 2.01. The first-order chi connectivity index (χ1) is 5.16. The van der Waals surface area contributed by atoms with Gasteiger partial charge in [0, 0.05) is 4.43 Å². The number of halogens is 1. The standard InChI is InChI=1S/C9H10ISi/c1-6-7(2)9(11)4-3-8(6)5-10/h3-4H,5H2,1-2H3. The van der Waals surface area contributed by atoms with Crippen LogP contribution < -0.4 is 5.19 Å². The van der Waals surface area contributed by atoms with Crippen LogP contribution in [0.25, 0.3) is 0 Å².